The predicted octanol–water partition coefficient (Wildman–Crippen LogP) is 1.35. The second-order valence-electron chi connectivity index (χ2n) is 4.33. The highest BCUT2D eigenvalue weighted by atomic mass is 32.2. The molecule has 1 rings (SSSR count). The molecule has 0 unspecified atom stereocenters. The summed E-state index contributed by atoms with van der Waals surface area (Å²) in [7, 11) is -3.15. The van der Waals surface area contributed by atoms with Crippen LogP contribution in [0.2, 0.25) is 0 Å². The number of sulfonamides is 1. The van der Waals surface area contributed by atoms with Gasteiger partial charge in [0, 0.05) is 19.0 Å². The number of nitrogens with zero attached hydrogens (tertiary/aromatic N) is 2. The van der Waals surface area contributed by atoms with Gasteiger partial charge >= 0.3 is 0 Å². The second kappa shape index (κ2) is 4.95. The van der Waals surface area contributed by atoms with Crippen LogP contribution in [0.25, 0.3) is 0 Å². The van der Waals surface area contributed by atoms with E-state index in [2.05, 4.69) is 0 Å². The summed E-state index contributed by atoms with van der Waals surface area (Å²) < 4.78 is 25.3. The molecule has 4 nitrogen and oxygen atoms in total. The molecule has 0 atom stereocenters. The van der Waals surface area contributed by atoms with Gasteiger partial charge in [0.2, 0.25) is 10.0 Å². The molecule has 1 aliphatic carbocycles. The van der Waals surface area contributed by atoms with E-state index in [1.807, 2.05) is 19.9 Å². The highest BCUT2D eigenvalue weighted by Crippen LogP contribution is 2.31. The van der Waals surface area contributed by atoms with E-state index < -0.39 is 10.0 Å². The first kappa shape index (κ1) is 12.5. The van der Waals surface area contributed by atoms with E-state index in [-0.39, 0.29) is 18.2 Å². The molecule has 1 saturated carbocycles. The van der Waals surface area contributed by atoms with Crippen molar-refractivity contribution in [2.24, 2.45) is 5.92 Å². The van der Waals surface area contributed by atoms with Gasteiger partial charge in [0.1, 0.15) is 0 Å². The molecular weight excluding hydrogens is 212 g/mol. The van der Waals surface area contributed by atoms with Crippen molar-refractivity contribution in [3.05, 3.63) is 0 Å². The molecule has 0 amide bonds. The highest BCUT2D eigenvalue weighted by Gasteiger charge is 2.32. The Morgan fingerprint density at radius 1 is 1.47 bits per heavy atom. The molecule has 86 valence electrons. The molecular formula is C10H18N2O2S. The van der Waals surface area contributed by atoms with Crippen molar-refractivity contribution in [2.75, 3.05) is 12.3 Å². The fraction of sp³-hybridized carbons (Fsp3) is 0.900. The first-order valence-corrected chi connectivity index (χ1v) is 6.94. The molecule has 0 spiro atoms. The lowest BCUT2D eigenvalue weighted by Crippen LogP contribution is -2.39. The summed E-state index contributed by atoms with van der Waals surface area (Å²) in [6.45, 7) is 4.02. The summed E-state index contributed by atoms with van der Waals surface area (Å²) in [5.41, 5.74) is 0. The lowest BCUT2D eigenvalue weighted by atomic mass is 10.3. The Labute approximate surface area is 91.9 Å². The van der Waals surface area contributed by atoms with Crippen molar-refractivity contribution >= 4 is 10.0 Å². The van der Waals surface area contributed by atoms with Gasteiger partial charge in [-0.05, 0) is 32.6 Å². The molecule has 1 aliphatic rings. The summed E-state index contributed by atoms with van der Waals surface area (Å²) >= 11 is 0. The van der Waals surface area contributed by atoms with E-state index in [9.17, 15) is 8.42 Å². The Balaban J connectivity index is 2.64. The number of nitriles is 1. The van der Waals surface area contributed by atoms with Crippen LogP contribution in [0.15, 0.2) is 0 Å². The molecule has 0 aromatic heterocycles. The standard InChI is InChI=1S/C10H18N2O2S/c1-9(2)12(7-3-6-11)15(13,14)8-10-4-5-10/h9-10H,3-5,7-8H2,1-2H3. The third kappa shape index (κ3) is 3.80. The van der Waals surface area contributed by atoms with Crippen LogP contribution in [0.3, 0.4) is 0 Å². The van der Waals surface area contributed by atoms with E-state index in [1.165, 1.54) is 4.31 Å². The minimum Gasteiger partial charge on any atom is -0.212 e. The van der Waals surface area contributed by atoms with E-state index >= 15 is 0 Å². The van der Waals surface area contributed by atoms with Gasteiger partial charge in [-0.1, -0.05) is 0 Å². The van der Waals surface area contributed by atoms with Gasteiger partial charge in [-0.15, -0.1) is 0 Å². The monoisotopic (exact) mass is 230 g/mol. The first-order chi connectivity index (χ1) is 6.97. The van der Waals surface area contributed by atoms with Crippen molar-refractivity contribution in [3.8, 4) is 6.07 Å². The highest BCUT2D eigenvalue weighted by molar-refractivity contribution is 7.89. The van der Waals surface area contributed by atoms with Crippen LogP contribution in [-0.2, 0) is 10.0 Å². The maximum Gasteiger partial charge on any atom is 0.214 e. The van der Waals surface area contributed by atoms with Crippen molar-refractivity contribution < 1.29 is 8.42 Å². The molecule has 1 fully saturated rings. The van der Waals surface area contributed by atoms with Crippen LogP contribution in [0.4, 0.5) is 0 Å². The van der Waals surface area contributed by atoms with E-state index in [4.69, 9.17) is 5.26 Å². The molecule has 5 heteroatoms. The largest absolute Gasteiger partial charge is 0.214 e. The molecule has 0 aromatic carbocycles. The van der Waals surface area contributed by atoms with Crippen molar-refractivity contribution in [2.45, 2.75) is 39.2 Å². The topological polar surface area (TPSA) is 61.2 Å². The Morgan fingerprint density at radius 3 is 2.47 bits per heavy atom. The van der Waals surface area contributed by atoms with Crippen LogP contribution >= 0.6 is 0 Å². The first-order valence-electron chi connectivity index (χ1n) is 5.34. The van der Waals surface area contributed by atoms with Crippen LogP contribution in [0.1, 0.15) is 33.1 Å². The third-order valence-corrected chi connectivity index (χ3v) is 4.73. The smallest absolute Gasteiger partial charge is 0.212 e. The van der Waals surface area contributed by atoms with Gasteiger partial charge in [0.05, 0.1) is 11.8 Å². The van der Waals surface area contributed by atoms with E-state index in [1.54, 1.807) is 0 Å². The molecule has 0 N–H and O–H groups in total. The Bertz CT molecular complexity index is 339. The fourth-order valence-corrected chi connectivity index (χ4v) is 3.69. The van der Waals surface area contributed by atoms with Crippen molar-refractivity contribution in [1.29, 1.82) is 5.26 Å². The van der Waals surface area contributed by atoms with Gasteiger partial charge < -0.3 is 0 Å². The minimum absolute atomic E-state index is 0.0536. The Morgan fingerprint density at radius 2 is 2.07 bits per heavy atom. The van der Waals surface area contributed by atoms with E-state index in [0.717, 1.165) is 12.8 Å². The zero-order valence-electron chi connectivity index (χ0n) is 9.31. The number of hydrogen-bond acceptors (Lipinski definition) is 3. The summed E-state index contributed by atoms with van der Waals surface area (Å²) in [6.07, 6.45) is 2.33. The fourth-order valence-electron chi connectivity index (χ4n) is 1.56. The average molecular weight is 230 g/mol. The summed E-state index contributed by atoms with van der Waals surface area (Å²) in [5, 5.41) is 8.49. The van der Waals surface area contributed by atoms with Gasteiger partial charge in [0.25, 0.3) is 0 Å². The summed E-state index contributed by atoms with van der Waals surface area (Å²) in [6, 6.07) is 1.93. The third-order valence-electron chi connectivity index (χ3n) is 2.52. The van der Waals surface area contributed by atoms with E-state index in [0.29, 0.717) is 12.5 Å². The Hall–Kier alpha value is -0.600. The number of rotatable bonds is 6. The minimum atomic E-state index is -3.15. The van der Waals surface area contributed by atoms with Crippen LogP contribution < -0.4 is 0 Å². The Kier molecular flexibility index (Phi) is 4.12. The maximum atomic E-state index is 11.9. The molecule has 0 heterocycles. The van der Waals surface area contributed by atoms with Gasteiger partial charge in [-0.25, -0.2) is 8.42 Å². The molecule has 0 aliphatic heterocycles. The summed E-state index contributed by atoms with van der Waals surface area (Å²) in [5.74, 6) is 0.620. The molecule has 0 radical (unpaired) electrons. The molecule has 0 bridgehead atoms. The summed E-state index contributed by atoms with van der Waals surface area (Å²) in [4.78, 5) is 0. The van der Waals surface area contributed by atoms with Crippen LogP contribution in [-0.4, -0.2) is 31.1 Å². The quantitative estimate of drug-likeness (QED) is 0.692. The van der Waals surface area contributed by atoms with Crippen LogP contribution in [0, 0.1) is 17.2 Å². The van der Waals surface area contributed by atoms with Gasteiger partial charge in [0.15, 0.2) is 0 Å². The zero-order valence-corrected chi connectivity index (χ0v) is 10.1. The van der Waals surface area contributed by atoms with Gasteiger partial charge in [-0.2, -0.15) is 9.57 Å². The predicted molar refractivity (Wildman–Crippen MR) is 58.6 cm³/mol. The SMILES string of the molecule is CC(C)N(CCC#N)S(=O)(=O)CC1CC1. The number of hydrogen-bond donors (Lipinski definition) is 0. The second-order valence-corrected chi connectivity index (χ2v) is 6.30. The van der Waals surface area contributed by atoms with Gasteiger partial charge in [-0.3, -0.25) is 0 Å². The molecule has 0 aromatic rings. The average Bonchev–Trinajstić information content (AvgIpc) is 2.87. The molecule has 15 heavy (non-hydrogen) atoms. The maximum absolute atomic E-state index is 11.9. The lowest BCUT2D eigenvalue weighted by molar-refractivity contribution is 0.359. The molecule has 0 saturated heterocycles. The van der Waals surface area contributed by atoms with Crippen molar-refractivity contribution in [3.63, 3.8) is 0 Å². The van der Waals surface area contributed by atoms with Crippen LogP contribution in [0.5, 0.6) is 0 Å². The lowest BCUT2D eigenvalue weighted by Gasteiger charge is -2.24. The van der Waals surface area contributed by atoms with Crippen molar-refractivity contribution in [1.82, 2.24) is 4.31 Å². The zero-order chi connectivity index (χ0) is 11.5. The normalized spacial score (nSPS) is 17.0.